The van der Waals surface area contributed by atoms with Crippen molar-refractivity contribution < 1.29 is 0 Å². The summed E-state index contributed by atoms with van der Waals surface area (Å²) >= 11 is 1.56. The number of nitrogens with one attached hydrogen (secondary N) is 1. The molecule has 0 radical (unpaired) electrons. The zero-order valence-corrected chi connectivity index (χ0v) is 11.6. The molecule has 0 spiro atoms. The van der Waals surface area contributed by atoms with Crippen molar-refractivity contribution in [3.8, 4) is 0 Å². The average Bonchev–Trinajstić information content (AvgIpc) is 2.92. The number of benzene rings is 1. The molecule has 0 aliphatic rings. The predicted molar refractivity (Wildman–Crippen MR) is 81.0 cm³/mol. The van der Waals surface area contributed by atoms with Gasteiger partial charge in [-0.2, -0.15) is 0 Å². The summed E-state index contributed by atoms with van der Waals surface area (Å²) in [6, 6.07) is 3.49. The van der Waals surface area contributed by atoms with E-state index < -0.39 is 0 Å². The molecular formula is C13H13N5OS. The van der Waals surface area contributed by atoms with Gasteiger partial charge in [0, 0.05) is 12.4 Å². The Kier molecular flexibility index (Phi) is 3.11. The van der Waals surface area contributed by atoms with Gasteiger partial charge in [-0.05, 0) is 12.1 Å². The van der Waals surface area contributed by atoms with Crippen molar-refractivity contribution in [3.63, 3.8) is 0 Å². The number of anilines is 2. The van der Waals surface area contributed by atoms with Crippen LogP contribution in [0.3, 0.4) is 0 Å². The quantitative estimate of drug-likeness (QED) is 0.714. The molecule has 0 saturated heterocycles. The van der Waals surface area contributed by atoms with Crippen LogP contribution < -0.4 is 16.2 Å². The Balaban J connectivity index is 2.03. The van der Waals surface area contributed by atoms with Crippen LogP contribution in [0.25, 0.3) is 10.9 Å². The number of fused-ring (bicyclic) bond motifs is 1. The third kappa shape index (κ3) is 2.23. The highest BCUT2D eigenvalue weighted by Gasteiger charge is 2.10. The molecule has 2 heterocycles. The van der Waals surface area contributed by atoms with E-state index >= 15 is 0 Å². The number of nitrogens with two attached hydrogens (primary N) is 1. The average molecular weight is 287 g/mol. The zero-order chi connectivity index (χ0) is 14.1. The molecular weight excluding hydrogens is 274 g/mol. The minimum atomic E-state index is -0.185. The summed E-state index contributed by atoms with van der Waals surface area (Å²) in [6.45, 7) is 0.655. The molecule has 3 rings (SSSR count). The van der Waals surface area contributed by atoms with Crippen molar-refractivity contribution in [2.75, 3.05) is 17.7 Å². The van der Waals surface area contributed by atoms with E-state index in [-0.39, 0.29) is 5.56 Å². The fraction of sp³-hybridized carbons (Fsp3) is 0.154. The first-order valence-electron chi connectivity index (χ1n) is 6.00. The first-order valence-corrected chi connectivity index (χ1v) is 6.94. The van der Waals surface area contributed by atoms with Gasteiger partial charge in [0.1, 0.15) is 0 Å². The number of nitrogen functional groups attached to an aromatic ring is 1. The lowest BCUT2D eigenvalue weighted by Gasteiger charge is -2.20. The maximum Gasteiger partial charge on any atom is 0.258 e. The molecule has 2 aromatic heterocycles. The minimum Gasteiger partial charge on any atom is -0.397 e. The summed E-state index contributed by atoms with van der Waals surface area (Å²) in [6.07, 6.45) is 1.39. The smallest absolute Gasteiger partial charge is 0.258 e. The van der Waals surface area contributed by atoms with Gasteiger partial charge in [0.25, 0.3) is 5.56 Å². The highest BCUT2D eigenvalue weighted by molar-refractivity contribution is 7.07. The molecule has 0 aliphatic heterocycles. The Morgan fingerprint density at radius 2 is 2.25 bits per heavy atom. The van der Waals surface area contributed by atoms with Gasteiger partial charge in [-0.15, -0.1) is 11.3 Å². The monoisotopic (exact) mass is 287 g/mol. The SMILES string of the molecule is CN(Cc1cscn1)c1cc2nc[nH]c(=O)c2cc1N. The summed E-state index contributed by atoms with van der Waals surface area (Å²) in [5, 5.41) is 2.49. The maximum absolute atomic E-state index is 11.7. The summed E-state index contributed by atoms with van der Waals surface area (Å²) in [4.78, 5) is 24.7. The Morgan fingerprint density at radius 1 is 1.40 bits per heavy atom. The van der Waals surface area contributed by atoms with Gasteiger partial charge in [-0.25, -0.2) is 9.97 Å². The molecule has 3 N–H and O–H groups in total. The van der Waals surface area contributed by atoms with Crippen LogP contribution in [0, 0.1) is 0 Å². The molecule has 7 heteroatoms. The van der Waals surface area contributed by atoms with Crippen molar-refractivity contribution in [1.29, 1.82) is 0 Å². The van der Waals surface area contributed by atoms with Crippen LogP contribution >= 0.6 is 11.3 Å². The first kappa shape index (κ1) is 12.6. The minimum absolute atomic E-state index is 0.185. The molecule has 6 nitrogen and oxygen atoms in total. The van der Waals surface area contributed by atoms with E-state index in [1.165, 1.54) is 6.33 Å². The first-order chi connectivity index (χ1) is 9.65. The van der Waals surface area contributed by atoms with Gasteiger partial charge in [-0.1, -0.05) is 0 Å². The normalized spacial score (nSPS) is 10.8. The van der Waals surface area contributed by atoms with Gasteiger partial charge < -0.3 is 15.6 Å². The summed E-state index contributed by atoms with van der Waals surface area (Å²) in [7, 11) is 1.93. The van der Waals surface area contributed by atoms with Crippen molar-refractivity contribution >= 4 is 33.6 Å². The second kappa shape index (κ2) is 4.93. The van der Waals surface area contributed by atoms with Crippen LogP contribution in [-0.4, -0.2) is 22.0 Å². The molecule has 0 bridgehead atoms. The standard InChI is InChI=1S/C13H13N5OS/c1-18(4-8-5-20-7-17-8)12-3-11-9(2-10(12)14)13(19)16-6-15-11/h2-3,5-7H,4,14H2,1H3,(H,15,16,19). The van der Waals surface area contributed by atoms with Crippen molar-refractivity contribution in [2.45, 2.75) is 6.54 Å². The summed E-state index contributed by atoms with van der Waals surface area (Å²) in [5.74, 6) is 0. The Hall–Kier alpha value is -2.41. The van der Waals surface area contributed by atoms with Crippen LogP contribution in [0.15, 0.2) is 34.1 Å². The molecule has 0 amide bonds. The molecule has 0 unspecified atom stereocenters. The lowest BCUT2D eigenvalue weighted by molar-refractivity contribution is 0.897. The number of hydrogen-bond acceptors (Lipinski definition) is 6. The number of aromatic amines is 1. The van der Waals surface area contributed by atoms with Crippen LogP contribution in [0.2, 0.25) is 0 Å². The lowest BCUT2D eigenvalue weighted by atomic mass is 10.1. The summed E-state index contributed by atoms with van der Waals surface area (Å²) in [5.41, 5.74) is 10.7. The van der Waals surface area contributed by atoms with E-state index in [1.54, 1.807) is 22.9 Å². The third-order valence-corrected chi connectivity index (χ3v) is 3.72. The zero-order valence-electron chi connectivity index (χ0n) is 10.8. The van der Waals surface area contributed by atoms with Crippen LogP contribution in [0.4, 0.5) is 11.4 Å². The molecule has 1 aromatic carbocycles. The lowest BCUT2D eigenvalue weighted by Crippen LogP contribution is -2.18. The summed E-state index contributed by atoms with van der Waals surface area (Å²) < 4.78 is 0. The maximum atomic E-state index is 11.7. The van der Waals surface area contributed by atoms with Gasteiger partial charge in [-0.3, -0.25) is 4.79 Å². The predicted octanol–water partition coefficient (Wildman–Crippen LogP) is 1.60. The van der Waals surface area contributed by atoms with E-state index in [2.05, 4.69) is 15.0 Å². The molecule has 0 aliphatic carbocycles. The fourth-order valence-corrected chi connectivity index (χ4v) is 2.64. The van der Waals surface area contributed by atoms with Crippen molar-refractivity contribution in [1.82, 2.24) is 15.0 Å². The second-order valence-corrected chi connectivity index (χ2v) is 5.21. The number of nitrogens with zero attached hydrogens (tertiary/aromatic N) is 3. The van der Waals surface area contributed by atoms with Gasteiger partial charge in [0.2, 0.25) is 0 Å². The Morgan fingerprint density at radius 3 is 3.00 bits per heavy atom. The van der Waals surface area contributed by atoms with Gasteiger partial charge >= 0.3 is 0 Å². The van der Waals surface area contributed by atoms with Gasteiger partial charge in [0.15, 0.2) is 0 Å². The van der Waals surface area contributed by atoms with Crippen molar-refractivity contribution in [2.24, 2.45) is 0 Å². The van der Waals surface area contributed by atoms with Crippen LogP contribution in [0.1, 0.15) is 5.69 Å². The van der Waals surface area contributed by atoms with E-state index in [9.17, 15) is 4.79 Å². The van der Waals surface area contributed by atoms with Crippen molar-refractivity contribution in [3.05, 3.63) is 45.4 Å². The molecule has 20 heavy (non-hydrogen) atoms. The Labute approximate surface area is 118 Å². The second-order valence-electron chi connectivity index (χ2n) is 4.50. The van der Waals surface area contributed by atoms with E-state index in [1.807, 2.05) is 23.4 Å². The molecule has 0 fully saturated rings. The van der Waals surface area contributed by atoms with E-state index in [4.69, 9.17) is 5.73 Å². The fourth-order valence-electron chi connectivity index (χ4n) is 2.10. The highest BCUT2D eigenvalue weighted by Crippen LogP contribution is 2.27. The molecule has 0 atom stereocenters. The number of rotatable bonds is 3. The van der Waals surface area contributed by atoms with E-state index in [0.29, 0.717) is 23.1 Å². The topological polar surface area (TPSA) is 87.9 Å². The molecule has 102 valence electrons. The van der Waals surface area contributed by atoms with Gasteiger partial charge in [0.05, 0.1) is 46.4 Å². The number of thiazole rings is 1. The molecule has 3 aromatic rings. The third-order valence-electron chi connectivity index (χ3n) is 3.08. The van der Waals surface area contributed by atoms with Crippen LogP contribution in [-0.2, 0) is 6.54 Å². The number of hydrogen-bond donors (Lipinski definition) is 2. The largest absolute Gasteiger partial charge is 0.397 e. The Bertz CT molecular complexity index is 796. The van der Waals surface area contributed by atoms with Crippen LogP contribution in [0.5, 0.6) is 0 Å². The molecule has 0 saturated carbocycles. The number of aromatic nitrogens is 3. The van der Waals surface area contributed by atoms with E-state index in [0.717, 1.165) is 11.4 Å². The number of H-pyrrole nitrogens is 1. The highest BCUT2D eigenvalue weighted by atomic mass is 32.1.